The van der Waals surface area contributed by atoms with Crippen LogP contribution in [0.2, 0.25) is 0 Å². The summed E-state index contributed by atoms with van der Waals surface area (Å²) in [5, 5.41) is 9.07. The highest BCUT2D eigenvalue weighted by Gasteiger charge is 2.08. The van der Waals surface area contributed by atoms with E-state index in [0.29, 0.717) is 11.3 Å². The molecule has 4 nitrogen and oxygen atoms in total. The number of hydrogen-bond acceptors (Lipinski definition) is 6. The maximum Gasteiger partial charge on any atom is 0.208 e. The molecule has 0 unspecified atom stereocenters. The maximum atomic E-state index is 13.3. The molecular weight excluding hydrogens is 307 g/mol. The molecule has 0 atom stereocenters. The molecule has 21 heavy (non-hydrogen) atoms. The molecule has 2 rings (SSSR count). The SMILES string of the molecule is CN(C)c1nnc(SCc2ccc(F)cc2C#CCN)s1. The van der Waals surface area contributed by atoms with E-state index in [1.165, 1.54) is 23.5 Å². The molecule has 0 aliphatic rings. The predicted octanol–water partition coefficient (Wildman–Crippen LogP) is 2.35. The highest BCUT2D eigenvalue weighted by molar-refractivity contribution is 8.00. The van der Waals surface area contributed by atoms with Gasteiger partial charge in [-0.05, 0) is 17.7 Å². The van der Waals surface area contributed by atoms with Crippen molar-refractivity contribution < 1.29 is 4.39 Å². The van der Waals surface area contributed by atoms with Gasteiger partial charge in [-0.3, -0.25) is 0 Å². The lowest BCUT2D eigenvalue weighted by Crippen LogP contribution is -2.07. The van der Waals surface area contributed by atoms with Crippen LogP contribution in [0, 0.1) is 17.7 Å². The van der Waals surface area contributed by atoms with E-state index in [0.717, 1.165) is 15.0 Å². The summed E-state index contributed by atoms with van der Waals surface area (Å²) in [6.07, 6.45) is 0. The van der Waals surface area contributed by atoms with Gasteiger partial charge in [0.25, 0.3) is 0 Å². The van der Waals surface area contributed by atoms with Gasteiger partial charge in [0.2, 0.25) is 5.13 Å². The summed E-state index contributed by atoms with van der Waals surface area (Å²) in [5.74, 6) is 6.03. The molecule has 0 spiro atoms. The van der Waals surface area contributed by atoms with Crippen molar-refractivity contribution in [2.24, 2.45) is 5.73 Å². The van der Waals surface area contributed by atoms with E-state index in [9.17, 15) is 4.39 Å². The normalized spacial score (nSPS) is 10.1. The highest BCUT2D eigenvalue weighted by Crippen LogP contribution is 2.30. The minimum Gasteiger partial charge on any atom is -0.353 e. The second-order valence-electron chi connectivity index (χ2n) is 4.34. The van der Waals surface area contributed by atoms with Gasteiger partial charge in [-0.15, -0.1) is 10.2 Å². The summed E-state index contributed by atoms with van der Waals surface area (Å²) in [4.78, 5) is 1.91. The average molecular weight is 322 g/mol. The quantitative estimate of drug-likeness (QED) is 0.692. The van der Waals surface area contributed by atoms with Crippen LogP contribution >= 0.6 is 23.1 Å². The molecule has 0 fully saturated rings. The largest absolute Gasteiger partial charge is 0.353 e. The fraction of sp³-hybridized carbons (Fsp3) is 0.286. The number of nitrogens with zero attached hydrogens (tertiary/aromatic N) is 3. The van der Waals surface area contributed by atoms with Gasteiger partial charge in [-0.25, -0.2) is 4.39 Å². The Balaban J connectivity index is 2.11. The molecule has 0 saturated carbocycles. The Morgan fingerprint density at radius 3 is 2.86 bits per heavy atom. The first-order valence-corrected chi connectivity index (χ1v) is 8.01. The Kier molecular flexibility index (Phi) is 5.56. The Morgan fingerprint density at radius 1 is 1.38 bits per heavy atom. The van der Waals surface area contributed by atoms with Crippen LogP contribution in [0.4, 0.5) is 9.52 Å². The minimum atomic E-state index is -0.295. The Morgan fingerprint density at radius 2 is 2.19 bits per heavy atom. The predicted molar refractivity (Wildman–Crippen MR) is 86.1 cm³/mol. The smallest absolute Gasteiger partial charge is 0.208 e. The molecule has 1 aromatic heterocycles. The van der Waals surface area contributed by atoms with Crippen molar-refractivity contribution >= 4 is 28.2 Å². The lowest BCUT2D eigenvalue weighted by atomic mass is 10.1. The number of benzene rings is 1. The Hall–Kier alpha value is -1.62. The molecule has 7 heteroatoms. The number of anilines is 1. The van der Waals surface area contributed by atoms with Gasteiger partial charge in [0.05, 0.1) is 6.54 Å². The van der Waals surface area contributed by atoms with Crippen molar-refractivity contribution in [3.8, 4) is 11.8 Å². The summed E-state index contributed by atoms with van der Waals surface area (Å²) in [5.41, 5.74) is 7.00. The van der Waals surface area contributed by atoms with E-state index in [-0.39, 0.29) is 12.4 Å². The first-order chi connectivity index (χ1) is 10.1. The van der Waals surface area contributed by atoms with E-state index in [1.807, 2.05) is 19.0 Å². The zero-order valence-corrected chi connectivity index (χ0v) is 13.4. The van der Waals surface area contributed by atoms with Crippen molar-refractivity contribution in [3.63, 3.8) is 0 Å². The van der Waals surface area contributed by atoms with E-state index < -0.39 is 0 Å². The third-order valence-electron chi connectivity index (χ3n) is 2.53. The van der Waals surface area contributed by atoms with Crippen LogP contribution < -0.4 is 10.6 Å². The van der Waals surface area contributed by atoms with Gasteiger partial charge in [-0.1, -0.05) is 41.0 Å². The third kappa shape index (κ3) is 4.43. The molecule has 0 bridgehead atoms. The molecule has 1 aromatic carbocycles. The van der Waals surface area contributed by atoms with Crippen molar-refractivity contribution in [1.29, 1.82) is 0 Å². The number of halogens is 1. The van der Waals surface area contributed by atoms with Gasteiger partial charge in [0, 0.05) is 25.4 Å². The number of hydrogen-bond donors (Lipinski definition) is 1. The van der Waals surface area contributed by atoms with Crippen LogP contribution in [0.1, 0.15) is 11.1 Å². The Labute approximate surface area is 131 Å². The monoisotopic (exact) mass is 322 g/mol. The molecular formula is C14H15FN4S2. The van der Waals surface area contributed by atoms with Gasteiger partial charge >= 0.3 is 0 Å². The first-order valence-electron chi connectivity index (χ1n) is 6.21. The summed E-state index contributed by atoms with van der Waals surface area (Å²) >= 11 is 3.09. The number of nitrogens with two attached hydrogens (primary N) is 1. The lowest BCUT2D eigenvalue weighted by molar-refractivity contribution is 0.627. The van der Waals surface area contributed by atoms with Crippen LogP contribution in [0.5, 0.6) is 0 Å². The second-order valence-corrected chi connectivity index (χ2v) is 6.52. The van der Waals surface area contributed by atoms with Gasteiger partial charge in [0.1, 0.15) is 5.82 Å². The number of aromatic nitrogens is 2. The number of thioether (sulfide) groups is 1. The fourth-order valence-corrected chi connectivity index (χ4v) is 3.29. The maximum absolute atomic E-state index is 13.3. The summed E-state index contributed by atoms with van der Waals surface area (Å²) in [6, 6.07) is 4.62. The van der Waals surface area contributed by atoms with Crippen molar-refractivity contribution in [2.75, 3.05) is 25.5 Å². The molecule has 0 aliphatic carbocycles. The van der Waals surface area contributed by atoms with Crippen molar-refractivity contribution in [3.05, 3.63) is 35.1 Å². The van der Waals surface area contributed by atoms with Gasteiger partial charge in [-0.2, -0.15) is 0 Å². The van der Waals surface area contributed by atoms with Crippen molar-refractivity contribution in [2.45, 2.75) is 10.1 Å². The van der Waals surface area contributed by atoms with Crippen LogP contribution in [0.3, 0.4) is 0 Å². The summed E-state index contributed by atoms with van der Waals surface area (Å²) < 4.78 is 14.2. The summed E-state index contributed by atoms with van der Waals surface area (Å²) in [6.45, 7) is 0.256. The zero-order valence-electron chi connectivity index (χ0n) is 11.8. The summed E-state index contributed by atoms with van der Waals surface area (Å²) in [7, 11) is 3.85. The minimum absolute atomic E-state index is 0.256. The van der Waals surface area contributed by atoms with E-state index in [1.54, 1.807) is 17.8 Å². The van der Waals surface area contributed by atoms with Crippen LogP contribution in [0.25, 0.3) is 0 Å². The molecule has 1 heterocycles. The van der Waals surface area contributed by atoms with Crippen LogP contribution in [-0.4, -0.2) is 30.8 Å². The topological polar surface area (TPSA) is 55.0 Å². The standard InChI is InChI=1S/C14H15FN4S2/c1-19(2)13-17-18-14(21-13)20-9-11-5-6-12(15)8-10(11)4-3-7-16/h5-6,8H,7,9,16H2,1-2H3. The highest BCUT2D eigenvalue weighted by atomic mass is 32.2. The van der Waals surface area contributed by atoms with E-state index in [2.05, 4.69) is 22.0 Å². The van der Waals surface area contributed by atoms with Crippen LogP contribution in [-0.2, 0) is 5.75 Å². The molecule has 2 aromatic rings. The van der Waals surface area contributed by atoms with E-state index >= 15 is 0 Å². The molecule has 2 N–H and O–H groups in total. The molecule has 0 aliphatic heterocycles. The molecule has 0 saturated heterocycles. The lowest BCUT2D eigenvalue weighted by Gasteiger charge is -2.04. The second kappa shape index (κ2) is 7.41. The van der Waals surface area contributed by atoms with Crippen LogP contribution in [0.15, 0.2) is 22.5 Å². The molecule has 110 valence electrons. The van der Waals surface area contributed by atoms with Gasteiger partial charge in [0.15, 0.2) is 4.34 Å². The Bertz CT molecular complexity index is 673. The molecule has 0 radical (unpaired) electrons. The first kappa shape index (κ1) is 15.8. The van der Waals surface area contributed by atoms with Crippen molar-refractivity contribution in [1.82, 2.24) is 10.2 Å². The number of rotatable bonds is 4. The van der Waals surface area contributed by atoms with E-state index in [4.69, 9.17) is 5.73 Å². The molecule has 0 amide bonds. The fourth-order valence-electron chi connectivity index (χ4n) is 1.52. The van der Waals surface area contributed by atoms with Gasteiger partial charge < -0.3 is 10.6 Å². The third-order valence-corrected chi connectivity index (χ3v) is 4.80. The average Bonchev–Trinajstić information content (AvgIpc) is 2.93. The zero-order chi connectivity index (χ0) is 15.2.